The first-order chi connectivity index (χ1) is 11.2. The Morgan fingerprint density at radius 1 is 1.08 bits per heavy atom. The molecule has 1 amide bonds. The summed E-state index contributed by atoms with van der Waals surface area (Å²) < 4.78 is 43.6. The van der Waals surface area contributed by atoms with Crippen LogP contribution >= 0.6 is 0 Å². The van der Waals surface area contributed by atoms with Crippen LogP contribution in [0.15, 0.2) is 0 Å². The molecule has 0 aromatic heterocycles. The molecule has 24 heavy (non-hydrogen) atoms. The van der Waals surface area contributed by atoms with Crippen molar-refractivity contribution < 1.29 is 32.6 Å². The maximum Gasteiger partial charge on any atom is 0.471 e. The number of carbonyl (C=O) groups excluding carboxylic acids is 1. The van der Waals surface area contributed by atoms with Gasteiger partial charge in [0.2, 0.25) is 0 Å². The molecule has 0 aromatic rings. The minimum Gasteiger partial charge on any atom is -0.481 e. The fourth-order valence-electron chi connectivity index (χ4n) is 3.17. The highest BCUT2D eigenvalue weighted by atomic mass is 19.4. The molecule has 1 aliphatic heterocycles. The smallest absolute Gasteiger partial charge is 0.471 e. The van der Waals surface area contributed by atoms with Crippen molar-refractivity contribution in [2.45, 2.75) is 70.6 Å². The Labute approximate surface area is 140 Å². The molecular formula is C16H26F3NO4. The Morgan fingerprint density at radius 2 is 1.62 bits per heavy atom. The average Bonchev–Trinajstić information content (AvgIpc) is 2.98. The van der Waals surface area contributed by atoms with Crippen LogP contribution in [0.2, 0.25) is 0 Å². The molecule has 1 aliphatic carbocycles. The largest absolute Gasteiger partial charge is 0.481 e. The van der Waals surface area contributed by atoms with Gasteiger partial charge in [-0.05, 0) is 32.1 Å². The van der Waals surface area contributed by atoms with E-state index in [4.69, 9.17) is 9.84 Å². The van der Waals surface area contributed by atoms with Crippen molar-refractivity contribution in [2.75, 3.05) is 13.2 Å². The second-order valence-corrected chi connectivity index (χ2v) is 6.26. The van der Waals surface area contributed by atoms with Gasteiger partial charge in [0.15, 0.2) is 0 Å². The van der Waals surface area contributed by atoms with E-state index in [2.05, 4.69) is 13.8 Å². The molecule has 5 nitrogen and oxygen atoms in total. The summed E-state index contributed by atoms with van der Waals surface area (Å²) in [5.41, 5.74) is 0. The fourth-order valence-corrected chi connectivity index (χ4v) is 3.17. The van der Waals surface area contributed by atoms with Crippen LogP contribution in [0.5, 0.6) is 0 Å². The van der Waals surface area contributed by atoms with Crippen LogP contribution < -0.4 is 0 Å². The Bertz CT molecular complexity index is 422. The lowest BCUT2D eigenvalue weighted by Gasteiger charge is -2.38. The van der Waals surface area contributed by atoms with E-state index in [9.17, 15) is 22.8 Å². The van der Waals surface area contributed by atoms with Crippen LogP contribution in [0.1, 0.15) is 52.4 Å². The predicted octanol–water partition coefficient (Wildman–Crippen LogP) is 3.23. The molecule has 0 radical (unpaired) electrons. The van der Waals surface area contributed by atoms with Crippen LogP contribution in [0.25, 0.3) is 0 Å². The number of aliphatic carboxylic acids is 1. The number of alkyl halides is 3. The van der Waals surface area contributed by atoms with Crippen molar-refractivity contribution in [3.8, 4) is 0 Å². The molecule has 1 saturated carbocycles. The van der Waals surface area contributed by atoms with Gasteiger partial charge in [0.05, 0.1) is 5.92 Å². The Hall–Kier alpha value is -1.31. The van der Waals surface area contributed by atoms with Crippen LogP contribution in [0.4, 0.5) is 13.2 Å². The van der Waals surface area contributed by atoms with Gasteiger partial charge in [-0.1, -0.05) is 20.3 Å². The molecular weight excluding hydrogens is 327 g/mol. The molecule has 8 heteroatoms. The number of hydrogen-bond acceptors (Lipinski definition) is 3. The highest BCUT2D eigenvalue weighted by Crippen LogP contribution is 2.35. The van der Waals surface area contributed by atoms with Crippen LogP contribution in [-0.4, -0.2) is 53.4 Å². The van der Waals surface area contributed by atoms with E-state index < -0.39 is 36.1 Å². The van der Waals surface area contributed by atoms with Crippen molar-refractivity contribution in [3.05, 3.63) is 0 Å². The highest BCUT2D eigenvalue weighted by molar-refractivity contribution is 5.82. The van der Waals surface area contributed by atoms with Crippen LogP contribution in [-0.2, 0) is 14.3 Å². The average molecular weight is 353 g/mol. The summed E-state index contributed by atoms with van der Waals surface area (Å²) in [7, 11) is 0. The molecule has 1 saturated heterocycles. The van der Waals surface area contributed by atoms with Crippen molar-refractivity contribution in [2.24, 2.45) is 5.92 Å². The molecule has 0 bridgehead atoms. The van der Waals surface area contributed by atoms with Gasteiger partial charge in [-0.3, -0.25) is 9.59 Å². The number of ether oxygens (including phenoxy) is 1. The van der Waals surface area contributed by atoms with Crippen LogP contribution in [0, 0.1) is 5.92 Å². The van der Waals surface area contributed by atoms with Gasteiger partial charge in [-0.2, -0.15) is 13.2 Å². The monoisotopic (exact) mass is 353 g/mol. The molecule has 1 heterocycles. The zero-order chi connectivity index (χ0) is 18.3. The Morgan fingerprint density at radius 3 is 2.04 bits per heavy atom. The number of carbonyl (C=O) groups is 2. The van der Waals surface area contributed by atoms with Gasteiger partial charge < -0.3 is 14.7 Å². The van der Waals surface area contributed by atoms with Gasteiger partial charge in [0.25, 0.3) is 0 Å². The van der Waals surface area contributed by atoms with E-state index in [1.807, 2.05) is 0 Å². The van der Waals surface area contributed by atoms with E-state index in [1.54, 1.807) is 0 Å². The quantitative estimate of drug-likeness (QED) is 0.846. The van der Waals surface area contributed by atoms with E-state index in [0.29, 0.717) is 38.9 Å². The molecule has 2 fully saturated rings. The van der Waals surface area contributed by atoms with E-state index in [-0.39, 0.29) is 6.42 Å². The number of nitrogens with zero attached hydrogens (tertiary/aromatic N) is 1. The number of hydrogen-bond donors (Lipinski definition) is 1. The second kappa shape index (κ2) is 9.25. The zero-order valence-electron chi connectivity index (χ0n) is 14.1. The summed E-state index contributed by atoms with van der Waals surface area (Å²) in [5, 5.41) is 8.98. The van der Waals surface area contributed by atoms with Gasteiger partial charge in [-0.15, -0.1) is 0 Å². The summed E-state index contributed by atoms with van der Waals surface area (Å²) in [6.07, 6.45) is -2.26. The number of halogens is 3. The third kappa shape index (κ3) is 5.65. The van der Waals surface area contributed by atoms with Crippen LogP contribution in [0.3, 0.4) is 0 Å². The van der Waals surface area contributed by atoms with E-state index >= 15 is 0 Å². The number of amides is 1. The number of carboxylic acid groups (broad SMARTS) is 1. The highest BCUT2D eigenvalue weighted by Gasteiger charge is 2.49. The van der Waals surface area contributed by atoms with Gasteiger partial charge in [-0.25, -0.2) is 0 Å². The lowest BCUT2D eigenvalue weighted by Crippen LogP contribution is -2.53. The second-order valence-electron chi connectivity index (χ2n) is 6.26. The number of carboxylic acids is 1. The van der Waals surface area contributed by atoms with Gasteiger partial charge in [0, 0.05) is 25.3 Å². The molecule has 2 rings (SSSR count). The first-order valence-corrected chi connectivity index (χ1v) is 8.42. The topological polar surface area (TPSA) is 66.8 Å². The summed E-state index contributed by atoms with van der Waals surface area (Å²) in [4.78, 5) is 23.6. The first-order valence-electron chi connectivity index (χ1n) is 8.42. The maximum atomic E-state index is 12.8. The molecule has 140 valence electrons. The minimum atomic E-state index is -4.93. The fraction of sp³-hybridized carbons (Fsp3) is 0.875. The minimum absolute atomic E-state index is 0.0918. The summed E-state index contributed by atoms with van der Waals surface area (Å²) in [6.45, 7) is 4.89. The first kappa shape index (κ1) is 20.7. The molecule has 1 unspecified atom stereocenters. The van der Waals surface area contributed by atoms with E-state index in [1.165, 1.54) is 6.42 Å². The van der Waals surface area contributed by atoms with Crippen molar-refractivity contribution in [1.82, 2.24) is 4.90 Å². The third-order valence-electron chi connectivity index (χ3n) is 4.21. The molecule has 1 N–H and O–H groups in total. The normalized spacial score (nSPS) is 24.9. The van der Waals surface area contributed by atoms with Crippen molar-refractivity contribution in [1.29, 1.82) is 0 Å². The lowest BCUT2D eigenvalue weighted by atomic mass is 10.0. The van der Waals surface area contributed by atoms with Gasteiger partial charge >= 0.3 is 18.1 Å². The Kier molecular flexibility index (Phi) is 7.99. The molecule has 2 aliphatic rings. The molecule has 0 spiro atoms. The molecule has 2 atom stereocenters. The SMILES string of the molecule is CCC.O=C(O)[C@H]1CCC(N(C(=O)C(F)(F)F)C2CCOCC2)C1. The zero-order valence-corrected chi connectivity index (χ0v) is 14.1. The maximum absolute atomic E-state index is 12.8. The standard InChI is InChI=1S/C13H18F3NO4.C3H8/c14-13(15,16)12(20)17(9-3-5-21-6-4-9)10-2-1-8(7-10)11(18)19;1-3-2/h8-10H,1-7H2,(H,18,19);3H2,1-2H3/t8-,10?;/m0./s1. The predicted molar refractivity (Wildman–Crippen MR) is 81.5 cm³/mol. The third-order valence-corrected chi connectivity index (χ3v) is 4.21. The number of rotatable bonds is 3. The van der Waals surface area contributed by atoms with Crippen molar-refractivity contribution >= 4 is 11.9 Å². The van der Waals surface area contributed by atoms with Crippen molar-refractivity contribution in [3.63, 3.8) is 0 Å². The summed E-state index contributed by atoms with van der Waals surface area (Å²) in [5.74, 6) is -3.53. The summed E-state index contributed by atoms with van der Waals surface area (Å²) >= 11 is 0. The summed E-state index contributed by atoms with van der Waals surface area (Å²) in [6, 6.07) is -1.17. The molecule has 0 aromatic carbocycles. The van der Waals surface area contributed by atoms with Gasteiger partial charge in [0.1, 0.15) is 0 Å². The lowest BCUT2D eigenvalue weighted by molar-refractivity contribution is -0.192. The Balaban J connectivity index is 0.000000891. The van der Waals surface area contributed by atoms with E-state index in [0.717, 1.165) is 4.90 Å².